The molecule has 0 aliphatic rings. The highest BCUT2D eigenvalue weighted by molar-refractivity contribution is 7.89. The first kappa shape index (κ1) is 23.0. The Bertz CT molecular complexity index is 1210. The van der Waals surface area contributed by atoms with Crippen LogP contribution in [0.1, 0.15) is 16.7 Å². The smallest absolute Gasteiger partial charge is 0.269 e. The van der Waals surface area contributed by atoms with Crippen molar-refractivity contribution in [1.82, 2.24) is 4.31 Å². The molecule has 31 heavy (non-hydrogen) atoms. The third kappa shape index (κ3) is 6.63. The Hall–Kier alpha value is -2.72. The van der Waals surface area contributed by atoms with Gasteiger partial charge in [0, 0.05) is 13.1 Å². The van der Waals surface area contributed by atoms with Crippen molar-refractivity contribution in [2.45, 2.75) is 24.8 Å². The number of sulfonamides is 1. The van der Waals surface area contributed by atoms with E-state index in [4.69, 9.17) is 4.55 Å². The molecule has 0 aliphatic carbocycles. The number of aryl methyl sites for hydroxylation is 1. The van der Waals surface area contributed by atoms with Crippen molar-refractivity contribution < 1.29 is 21.4 Å². The maximum atomic E-state index is 13.3. The van der Waals surface area contributed by atoms with Crippen molar-refractivity contribution in [2.75, 3.05) is 11.3 Å². The van der Waals surface area contributed by atoms with Crippen LogP contribution in [-0.4, -0.2) is 32.2 Å². The second-order valence-corrected chi connectivity index (χ2v) is 10.3. The number of hydrogen-bond donors (Lipinski definition) is 2. The van der Waals surface area contributed by atoms with Gasteiger partial charge in [-0.3, -0.25) is 9.27 Å². The van der Waals surface area contributed by atoms with E-state index < -0.39 is 20.3 Å². The minimum absolute atomic E-state index is 0.222. The molecule has 0 unspecified atom stereocenters. The third-order valence-electron chi connectivity index (χ3n) is 4.71. The van der Waals surface area contributed by atoms with Crippen LogP contribution >= 0.6 is 0 Å². The van der Waals surface area contributed by atoms with Crippen molar-refractivity contribution in [1.29, 1.82) is 0 Å². The average molecular weight is 461 g/mol. The molecule has 0 bridgehead atoms. The van der Waals surface area contributed by atoms with Crippen molar-refractivity contribution >= 4 is 26.0 Å². The molecule has 9 heteroatoms. The summed E-state index contributed by atoms with van der Waals surface area (Å²) in [6.07, 6.45) is 0.435. The van der Waals surface area contributed by atoms with Gasteiger partial charge in [0.15, 0.2) is 0 Å². The van der Waals surface area contributed by atoms with Gasteiger partial charge in [-0.15, -0.1) is 0 Å². The predicted octanol–water partition coefficient (Wildman–Crippen LogP) is 3.64. The fourth-order valence-corrected chi connectivity index (χ4v) is 4.94. The number of hydrogen-bond acceptors (Lipinski definition) is 4. The molecule has 7 nitrogen and oxygen atoms in total. The highest BCUT2D eigenvalue weighted by Gasteiger charge is 2.24. The molecule has 0 heterocycles. The predicted molar refractivity (Wildman–Crippen MR) is 121 cm³/mol. The summed E-state index contributed by atoms with van der Waals surface area (Å²) in [5, 5.41) is 0. The van der Waals surface area contributed by atoms with Gasteiger partial charge >= 0.3 is 10.3 Å². The van der Waals surface area contributed by atoms with E-state index in [1.807, 2.05) is 42.0 Å². The molecular weight excluding hydrogens is 436 g/mol. The fraction of sp³-hybridized carbons (Fsp3) is 0.182. The first-order chi connectivity index (χ1) is 14.6. The molecule has 0 radical (unpaired) electrons. The van der Waals surface area contributed by atoms with Gasteiger partial charge in [-0.25, -0.2) is 8.42 Å². The maximum Gasteiger partial charge on any atom is 0.357 e. The van der Waals surface area contributed by atoms with Gasteiger partial charge in [-0.1, -0.05) is 60.2 Å². The van der Waals surface area contributed by atoms with E-state index in [2.05, 4.69) is 0 Å². The highest BCUT2D eigenvalue weighted by atomic mass is 32.2. The highest BCUT2D eigenvalue weighted by Crippen LogP contribution is 2.20. The van der Waals surface area contributed by atoms with E-state index in [1.54, 1.807) is 36.4 Å². The van der Waals surface area contributed by atoms with Gasteiger partial charge in [0.1, 0.15) is 0 Å². The van der Waals surface area contributed by atoms with E-state index in [1.165, 1.54) is 16.4 Å². The van der Waals surface area contributed by atoms with E-state index in [0.717, 1.165) is 16.7 Å². The molecule has 3 rings (SSSR count). The Morgan fingerprint density at radius 3 is 2.00 bits per heavy atom. The lowest BCUT2D eigenvalue weighted by Crippen LogP contribution is -2.32. The lowest BCUT2D eigenvalue weighted by molar-refractivity contribution is 0.409. The van der Waals surface area contributed by atoms with Crippen LogP contribution in [-0.2, 0) is 33.3 Å². The lowest BCUT2D eigenvalue weighted by Gasteiger charge is -2.23. The van der Waals surface area contributed by atoms with E-state index in [9.17, 15) is 16.8 Å². The fourth-order valence-electron chi connectivity index (χ4n) is 3.07. The molecule has 0 aromatic heterocycles. The molecule has 0 amide bonds. The van der Waals surface area contributed by atoms with E-state index >= 15 is 0 Å². The van der Waals surface area contributed by atoms with Gasteiger partial charge in [0.2, 0.25) is 10.0 Å². The summed E-state index contributed by atoms with van der Waals surface area (Å²) in [4.78, 5) is 0.238. The summed E-state index contributed by atoms with van der Waals surface area (Å²) >= 11 is 0. The van der Waals surface area contributed by atoms with Gasteiger partial charge in [-0.2, -0.15) is 12.7 Å². The Labute approximate surface area is 183 Å². The van der Waals surface area contributed by atoms with E-state index in [0.29, 0.717) is 6.42 Å². The minimum Gasteiger partial charge on any atom is -0.269 e. The molecule has 2 N–H and O–H groups in total. The normalized spacial score (nSPS) is 12.1. The minimum atomic E-state index is -4.34. The van der Waals surface area contributed by atoms with Crippen LogP contribution in [0.15, 0.2) is 83.8 Å². The zero-order valence-corrected chi connectivity index (χ0v) is 18.6. The van der Waals surface area contributed by atoms with Crippen LogP contribution in [0.5, 0.6) is 0 Å². The van der Waals surface area contributed by atoms with Crippen molar-refractivity contribution in [3.05, 3.63) is 95.6 Å². The standard InChI is InChI=1S/C22H24N2O5S2/c1-18-7-13-22(14-8-18)30(25,26)24(17-20-5-3-2-4-6-20)16-15-19-9-11-21(12-10-19)23-31(27,28)29/h2-14,23H,15-17H2,1H3,(H,27,28,29). The second kappa shape index (κ2) is 9.61. The Kier molecular flexibility index (Phi) is 7.11. The van der Waals surface area contributed by atoms with Crippen LogP contribution in [0.4, 0.5) is 5.69 Å². The number of anilines is 1. The molecule has 0 spiro atoms. The second-order valence-electron chi connectivity index (χ2n) is 7.16. The molecule has 0 aliphatic heterocycles. The Morgan fingerprint density at radius 1 is 0.806 bits per heavy atom. The SMILES string of the molecule is Cc1ccc(S(=O)(=O)N(CCc2ccc(NS(=O)(=O)O)cc2)Cc2ccccc2)cc1. The summed E-state index contributed by atoms with van der Waals surface area (Å²) in [7, 11) is -8.05. The van der Waals surface area contributed by atoms with Crippen LogP contribution in [0, 0.1) is 6.92 Å². The largest absolute Gasteiger partial charge is 0.357 e. The molecule has 0 atom stereocenters. The van der Waals surface area contributed by atoms with Crippen molar-refractivity contribution in [3.8, 4) is 0 Å². The molecule has 3 aromatic rings. The Balaban J connectivity index is 1.80. The average Bonchev–Trinajstić information content (AvgIpc) is 2.72. The van der Waals surface area contributed by atoms with Crippen LogP contribution in [0.2, 0.25) is 0 Å². The number of benzene rings is 3. The van der Waals surface area contributed by atoms with Crippen LogP contribution < -0.4 is 4.72 Å². The first-order valence-corrected chi connectivity index (χ1v) is 12.5. The van der Waals surface area contributed by atoms with Gasteiger partial charge in [0.05, 0.1) is 10.6 Å². The lowest BCUT2D eigenvalue weighted by atomic mass is 10.1. The van der Waals surface area contributed by atoms with Crippen LogP contribution in [0.3, 0.4) is 0 Å². The summed E-state index contributed by atoms with van der Waals surface area (Å²) < 4.78 is 60.7. The number of nitrogens with one attached hydrogen (secondary N) is 1. The van der Waals surface area contributed by atoms with Gasteiger partial charge in [-0.05, 0) is 48.7 Å². The molecule has 164 valence electrons. The molecule has 0 saturated heterocycles. The maximum absolute atomic E-state index is 13.3. The quantitative estimate of drug-likeness (QED) is 0.475. The molecule has 0 fully saturated rings. The first-order valence-electron chi connectivity index (χ1n) is 9.58. The van der Waals surface area contributed by atoms with Crippen LogP contribution in [0.25, 0.3) is 0 Å². The Morgan fingerprint density at radius 2 is 1.42 bits per heavy atom. The topological polar surface area (TPSA) is 104 Å². The summed E-state index contributed by atoms with van der Waals surface area (Å²) in [6, 6.07) is 22.5. The molecular formula is C22H24N2O5S2. The summed E-state index contributed by atoms with van der Waals surface area (Å²) in [6.45, 7) is 2.38. The summed E-state index contributed by atoms with van der Waals surface area (Å²) in [5.74, 6) is 0. The zero-order valence-electron chi connectivity index (χ0n) is 17.0. The van der Waals surface area contributed by atoms with Crippen molar-refractivity contribution in [3.63, 3.8) is 0 Å². The zero-order chi connectivity index (χ0) is 22.5. The monoisotopic (exact) mass is 460 g/mol. The van der Waals surface area contributed by atoms with Crippen molar-refractivity contribution in [2.24, 2.45) is 0 Å². The summed E-state index contributed by atoms with van der Waals surface area (Å²) in [5.41, 5.74) is 2.91. The number of rotatable bonds is 9. The van der Waals surface area contributed by atoms with Gasteiger partial charge < -0.3 is 0 Å². The van der Waals surface area contributed by atoms with E-state index in [-0.39, 0.29) is 23.7 Å². The number of nitrogens with zero attached hydrogens (tertiary/aromatic N) is 1. The molecule has 0 saturated carbocycles. The van der Waals surface area contributed by atoms with Gasteiger partial charge in [0.25, 0.3) is 0 Å². The molecule has 3 aromatic carbocycles. The third-order valence-corrected chi connectivity index (χ3v) is 7.06.